The molecule has 0 radical (unpaired) electrons. The van der Waals surface area contributed by atoms with Crippen molar-refractivity contribution in [2.45, 2.75) is 19.9 Å². The first-order chi connectivity index (χ1) is 14.0. The lowest BCUT2D eigenvalue weighted by molar-refractivity contribution is 0.484. The van der Waals surface area contributed by atoms with Crippen LogP contribution < -0.4 is 10.2 Å². The van der Waals surface area contributed by atoms with Crippen LogP contribution in [0.3, 0.4) is 0 Å². The summed E-state index contributed by atoms with van der Waals surface area (Å²) in [6.45, 7) is 6.86. The van der Waals surface area contributed by atoms with Crippen molar-refractivity contribution in [3.05, 3.63) is 54.0 Å². The van der Waals surface area contributed by atoms with Crippen LogP contribution in [0.2, 0.25) is 0 Å². The molecule has 0 amide bonds. The third-order valence-electron chi connectivity index (χ3n) is 5.67. The Hall–Kier alpha value is -2.99. The highest BCUT2D eigenvalue weighted by molar-refractivity contribution is 5.89. The molecule has 2 aromatic carbocycles. The molecule has 5 rings (SSSR count). The van der Waals surface area contributed by atoms with Crippen LogP contribution in [-0.4, -0.2) is 40.4 Å². The fourth-order valence-electron chi connectivity index (χ4n) is 4.26. The summed E-state index contributed by atoms with van der Waals surface area (Å²) in [7, 11) is 1.92. The van der Waals surface area contributed by atoms with Crippen LogP contribution in [0, 0.1) is 12.7 Å². The summed E-state index contributed by atoms with van der Waals surface area (Å²) < 4.78 is 16.8. The van der Waals surface area contributed by atoms with Crippen LogP contribution in [0.15, 0.2) is 42.6 Å². The smallest absolute Gasteiger partial charge is 0.151 e. The van der Waals surface area contributed by atoms with Crippen molar-refractivity contribution < 1.29 is 4.39 Å². The van der Waals surface area contributed by atoms with Gasteiger partial charge in [-0.05, 0) is 49.7 Å². The van der Waals surface area contributed by atoms with Gasteiger partial charge in [-0.1, -0.05) is 6.07 Å². The van der Waals surface area contributed by atoms with Crippen LogP contribution >= 0.6 is 0 Å². The van der Waals surface area contributed by atoms with Gasteiger partial charge in [0.25, 0.3) is 0 Å². The normalized spacial score (nSPS) is 17.4. The Bertz CT molecular complexity index is 1230. The summed E-state index contributed by atoms with van der Waals surface area (Å²) >= 11 is 0. The summed E-state index contributed by atoms with van der Waals surface area (Å²) in [5, 5.41) is 9.81. The Morgan fingerprint density at radius 1 is 1.10 bits per heavy atom. The number of nitrogens with zero attached hydrogens (tertiary/aromatic N) is 4. The van der Waals surface area contributed by atoms with E-state index in [4.69, 9.17) is 0 Å². The number of halogens is 1. The Morgan fingerprint density at radius 3 is 2.79 bits per heavy atom. The lowest BCUT2D eigenvalue weighted by Gasteiger charge is -2.33. The van der Waals surface area contributed by atoms with Gasteiger partial charge in [-0.2, -0.15) is 5.10 Å². The standard InChI is InChI=1S/C23H24FN5/c1-14-8-17(9-18-13-28(3)27-22(14)18)21-5-4-16-10-19(11-20(24)23(16)26-21)29-7-6-25-15(2)12-29/h4-5,8-11,13,15,25H,6-7,12H2,1-3H3/t15-/m1/s1. The second kappa shape index (κ2) is 6.81. The minimum Gasteiger partial charge on any atom is -0.369 e. The van der Waals surface area contributed by atoms with Crippen LogP contribution in [0.4, 0.5) is 10.1 Å². The first kappa shape index (κ1) is 18.1. The van der Waals surface area contributed by atoms with Gasteiger partial charge in [0.05, 0.1) is 11.2 Å². The minimum atomic E-state index is -0.273. The average molecular weight is 389 g/mol. The van der Waals surface area contributed by atoms with Gasteiger partial charge >= 0.3 is 0 Å². The molecule has 1 aliphatic heterocycles. The first-order valence-corrected chi connectivity index (χ1v) is 10.0. The molecule has 2 aromatic heterocycles. The zero-order chi connectivity index (χ0) is 20.1. The molecule has 1 atom stereocenters. The van der Waals surface area contributed by atoms with Crippen molar-refractivity contribution in [3.63, 3.8) is 0 Å². The second-order valence-electron chi connectivity index (χ2n) is 8.03. The molecule has 1 aliphatic rings. The molecule has 0 aliphatic carbocycles. The molecule has 1 N–H and O–H groups in total. The SMILES string of the molecule is Cc1cc(-c2ccc3cc(N4CCN[C@H](C)C4)cc(F)c3n2)cc2cn(C)nc12. The van der Waals surface area contributed by atoms with Crippen molar-refractivity contribution in [1.29, 1.82) is 0 Å². The fraction of sp³-hybridized carbons (Fsp3) is 0.304. The molecule has 0 saturated carbocycles. The van der Waals surface area contributed by atoms with Gasteiger partial charge in [0, 0.05) is 60.9 Å². The topological polar surface area (TPSA) is 46.0 Å². The zero-order valence-corrected chi connectivity index (χ0v) is 16.9. The number of pyridine rings is 1. The van der Waals surface area contributed by atoms with E-state index < -0.39 is 0 Å². The number of rotatable bonds is 2. The highest BCUT2D eigenvalue weighted by atomic mass is 19.1. The van der Waals surface area contributed by atoms with E-state index in [-0.39, 0.29) is 5.82 Å². The molecule has 148 valence electrons. The molecule has 6 heteroatoms. The lowest BCUT2D eigenvalue weighted by atomic mass is 10.0. The highest BCUT2D eigenvalue weighted by Gasteiger charge is 2.18. The summed E-state index contributed by atoms with van der Waals surface area (Å²) in [5.74, 6) is -0.273. The van der Waals surface area contributed by atoms with Crippen molar-refractivity contribution in [1.82, 2.24) is 20.1 Å². The number of nitrogens with one attached hydrogen (secondary N) is 1. The number of hydrogen-bond acceptors (Lipinski definition) is 4. The lowest BCUT2D eigenvalue weighted by Crippen LogP contribution is -2.49. The third-order valence-corrected chi connectivity index (χ3v) is 5.67. The molecular weight excluding hydrogens is 365 g/mol. The third kappa shape index (κ3) is 3.23. The Balaban J connectivity index is 1.57. The molecule has 3 heterocycles. The number of fused-ring (bicyclic) bond motifs is 2. The van der Waals surface area contributed by atoms with Gasteiger partial charge < -0.3 is 10.2 Å². The first-order valence-electron chi connectivity index (χ1n) is 10.0. The Labute approximate surface area is 169 Å². The molecule has 0 bridgehead atoms. The van der Waals surface area contributed by atoms with E-state index in [1.807, 2.05) is 43.0 Å². The largest absolute Gasteiger partial charge is 0.369 e. The Morgan fingerprint density at radius 2 is 1.97 bits per heavy atom. The van der Waals surface area contributed by atoms with Crippen molar-refractivity contribution in [2.24, 2.45) is 7.05 Å². The van der Waals surface area contributed by atoms with Gasteiger partial charge in [-0.25, -0.2) is 9.37 Å². The maximum Gasteiger partial charge on any atom is 0.151 e. The average Bonchev–Trinajstić information content (AvgIpc) is 3.08. The van der Waals surface area contributed by atoms with Gasteiger partial charge in [0.15, 0.2) is 5.82 Å². The molecule has 5 nitrogen and oxygen atoms in total. The summed E-state index contributed by atoms with van der Waals surface area (Å²) in [6.07, 6.45) is 1.99. The molecular formula is C23H24FN5. The van der Waals surface area contributed by atoms with E-state index in [2.05, 4.69) is 39.4 Å². The van der Waals surface area contributed by atoms with Crippen molar-refractivity contribution >= 4 is 27.5 Å². The van der Waals surface area contributed by atoms with Crippen LogP contribution in [0.25, 0.3) is 33.1 Å². The van der Waals surface area contributed by atoms with Gasteiger partial charge in [0.2, 0.25) is 0 Å². The fourth-order valence-corrected chi connectivity index (χ4v) is 4.26. The van der Waals surface area contributed by atoms with E-state index in [1.165, 1.54) is 0 Å². The monoisotopic (exact) mass is 389 g/mol. The van der Waals surface area contributed by atoms with E-state index >= 15 is 4.39 Å². The summed E-state index contributed by atoms with van der Waals surface area (Å²) in [4.78, 5) is 6.90. The molecule has 0 spiro atoms. The number of aromatic nitrogens is 3. The van der Waals surface area contributed by atoms with Crippen LogP contribution in [0.5, 0.6) is 0 Å². The number of benzene rings is 2. The maximum absolute atomic E-state index is 15.0. The molecule has 1 saturated heterocycles. The number of aryl methyl sites for hydroxylation is 2. The van der Waals surface area contributed by atoms with Gasteiger partial charge in [0.1, 0.15) is 5.52 Å². The quantitative estimate of drug-likeness (QED) is 0.562. The summed E-state index contributed by atoms with van der Waals surface area (Å²) in [5.41, 5.74) is 5.16. The van der Waals surface area contributed by atoms with E-state index in [0.717, 1.165) is 58.4 Å². The highest BCUT2D eigenvalue weighted by Crippen LogP contribution is 2.30. The minimum absolute atomic E-state index is 0.273. The van der Waals surface area contributed by atoms with E-state index in [0.29, 0.717) is 11.6 Å². The maximum atomic E-state index is 15.0. The van der Waals surface area contributed by atoms with Crippen molar-refractivity contribution in [2.75, 3.05) is 24.5 Å². The number of piperazine rings is 1. The van der Waals surface area contributed by atoms with Crippen molar-refractivity contribution in [3.8, 4) is 11.3 Å². The molecule has 0 unspecified atom stereocenters. The van der Waals surface area contributed by atoms with Gasteiger partial charge in [-0.3, -0.25) is 4.68 Å². The predicted molar refractivity (Wildman–Crippen MR) is 116 cm³/mol. The van der Waals surface area contributed by atoms with E-state index in [9.17, 15) is 0 Å². The second-order valence-corrected chi connectivity index (χ2v) is 8.03. The number of anilines is 1. The van der Waals surface area contributed by atoms with Crippen LogP contribution in [0.1, 0.15) is 12.5 Å². The Kier molecular flexibility index (Phi) is 4.24. The molecule has 29 heavy (non-hydrogen) atoms. The zero-order valence-electron chi connectivity index (χ0n) is 16.9. The predicted octanol–water partition coefficient (Wildman–Crippen LogP) is 4.03. The number of hydrogen-bond donors (Lipinski definition) is 1. The van der Waals surface area contributed by atoms with Gasteiger partial charge in [-0.15, -0.1) is 0 Å². The van der Waals surface area contributed by atoms with Crippen LogP contribution in [-0.2, 0) is 7.05 Å². The summed E-state index contributed by atoms with van der Waals surface area (Å²) in [6, 6.07) is 12.1. The molecule has 1 fully saturated rings. The van der Waals surface area contributed by atoms with E-state index in [1.54, 1.807) is 6.07 Å². The molecule has 4 aromatic rings.